The molecule has 0 radical (unpaired) electrons. The molecule has 41 heavy (non-hydrogen) atoms. The van der Waals surface area contributed by atoms with Crippen LogP contribution in [0.3, 0.4) is 0 Å². The van der Waals surface area contributed by atoms with Crippen LogP contribution in [-0.4, -0.2) is 31.6 Å². The fourth-order valence-corrected chi connectivity index (χ4v) is 5.82. The summed E-state index contributed by atoms with van der Waals surface area (Å²) in [6, 6.07) is 12.2. The van der Waals surface area contributed by atoms with Gasteiger partial charge in [-0.2, -0.15) is 4.39 Å². The van der Waals surface area contributed by atoms with Gasteiger partial charge >= 0.3 is 7.82 Å². The van der Waals surface area contributed by atoms with Crippen LogP contribution >= 0.6 is 7.82 Å². The molecule has 216 valence electrons. The lowest BCUT2D eigenvalue weighted by atomic mass is 10.0. The summed E-state index contributed by atoms with van der Waals surface area (Å²) in [5.74, 6) is -0.950. The Bertz CT molecular complexity index is 1620. The summed E-state index contributed by atoms with van der Waals surface area (Å²) in [7, 11) is -4.01. The zero-order valence-electron chi connectivity index (χ0n) is 24.0. The van der Waals surface area contributed by atoms with E-state index in [2.05, 4.69) is 21.9 Å². The molecule has 4 aromatic rings. The van der Waals surface area contributed by atoms with Crippen molar-refractivity contribution in [2.45, 2.75) is 59.5 Å². The minimum atomic E-state index is -4.01. The van der Waals surface area contributed by atoms with Crippen molar-refractivity contribution in [2.75, 3.05) is 5.32 Å². The number of phosphoric acid groups is 1. The standard InChI is InChI=1S/C30H34FN4O5P/c1-8-27(36)34-23-11-9-10-20(14-23)22-15-24-25(21-12-13-32-26(31)16-21)18-35(28(24)33-17-22)19-38-41(37,39-29(2,3)4)40-30(5,6)7/h8-18H,1,19H2,2-7H3,(H,34,36). The maximum Gasteiger partial charge on any atom is 0.477 e. The normalized spacial score (nSPS) is 12.5. The Hall–Kier alpha value is -3.69. The average Bonchev–Trinajstić information content (AvgIpc) is 3.23. The number of rotatable bonds is 9. The molecule has 4 rings (SSSR count). The van der Waals surface area contributed by atoms with E-state index >= 15 is 0 Å². The number of carbonyl (C=O) groups excluding carboxylic acids is 1. The summed E-state index contributed by atoms with van der Waals surface area (Å²) in [5.41, 5.74) is 2.32. The molecule has 0 atom stereocenters. The van der Waals surface area contributed by atoms with E-state index in [9.17, 15) is 13.8 Å². The summed E-state index contributed by atoms with van der Waals surface area (Å²) in [6.07, 6.45) is 6.01. The molecule has 1 aromatic carbocycles. The van der Waals surface area contributed by atoms with Crippen molar-refractivity contribution >= 4 is 30.5 Å². The van der Waals surface area contributed by atoms with Crippen molar-refractivity contribution in [1.82, 2.24) is 14.5 Å². The molecule has 3 heterocycles. The third-order valence-corrected chi connectivity index (χ3v) is 7.50. The summed E-state index contributed by atoms with van der Waals surface area (Å²) >= 11 is 0. The van der Waals surface area contributed by atoms with Crippen molar-refractivity contribution in [1.29, 1.82) is 0 Å². The molecule has 0 saturated heterocycles. The van der Waals surface area contributed by atoms with Crippen molar-refractivity contribution in [3.05, 3.63) is 79.7 Å². The first-order valence-corrected chi connectivity index (χ1v) is 14.4. The number of hydrogen-bond donors (Lipinski definition) is 1. The molecular formula is C30H34FN4O5P. The van der Waals surface area contributed by atoms with Crippen LogP contribution in [0.4, 0.5) is 10.1 Å². The second kappa shape index (κ2) is 11.7. The highest BCUT2D eigenvalue weighted by Crippen LogP contribution is 2.55. The molecule has 3 aromatic heterocycles. The maximum atomic E-state index is 14.1. The third kappa shape index (κ3) is 7.95. The number of phosphoric ester groups is 1. The van der Waals surface area contributed by atoms with E-state index in [1.165, 1.54) is 18.3 Å². The van der Waals surface area contributed by atoms with Gasteiger partial charge in [0.25, 0.3) is 0 Å². The fraction of sp³-hybridized carbons (Fsp3) is 0.300. The Labute approximate surface area is 239 Å². The highest BCUT2D eigenvalue weighted by atomic mass is 31.2. The van der Waals surface area contributed by atoms with Gasteiger partial charge in [-0.25, -0.2) is 14.5 Å². The number of benzene rings is 1. The number of hydrogen-bond acceptors (Lipinski definition) is 7. The number of aromatic nitrogens is 3. The van der Waals surface area contributed by atoms with Gasteiger partial charge in [0.05, 0.1) is 11.2 Å². The summed E-state index contributed by atoms with van der Waals surface area (Å²) in [4.78, 5) is 20.1. The van der Waals surface area contributed by atoms with Crippen molar-refractivity contribution in [3.8, 4) is 22.3 Å². The SMILES string of the molecule is C=CC(=O)Nc1cccc(-c2cnc3c(c2)c(-c2ccnc(F)c2)cn3COP(=O)(OC(C)(C)C)OC(C)(C)C)c1. The van der Waals surface area contributed by atoms with Crippen molar-refractivity contribution < 1.29 is 27.3 Å². The predicted octanol–water partition coefficient (Wildman–Crippen LogP) is 7.74. The number of pyridine rings is 2. The second-order valence-corrected chi connectivity index (χ2v) is 12.9. The molecule has 1 amide bonds. The number of nitrogens with one attached hydrogen (secondary N) is 1. The first-order chi connectivity index (χ1) is 19.1. The van der Waals surface area contributed by atoms with Crippen LogP contribution in [0.5, 0.6) is 0 Å². The fourth-order valence-electron chi connectivity index (χ4n) is 4.07. The Morgan fingerprint density at radius 2 is 1.73 bits per heavy atom. The first kappa shape index (κ1) is 30.3. The highest BCUT2D eigenvalue weighted by Gasteiger charge is 2.37. The molecule has 9 nitrogen and oxygen atoms in total. The van der Waals surface area contributed by atoms with Gasteiger partial charge in [-0.05, 0) is 83.0 Å². The number of amides is 1. The molecule has 0 fully saturated rings. The smallest absolute Gasteiger partial charge is 0.323 e. The zero-order valence-corrected chi connectivity index (χ0v) is 24.9. The predicted molar refractivity (Wildman–Crippen MR) is 158 cm³/mol. The molecule has 0 spiro atoms. The number of fused-ring (bicyclic) bond motifs is 1. The van der Waals surface area contributed by atoms with Gasteiger partial charge in [-0.1, -0.05) is 18.7 Å². The quantitative estimate of drug-likeness (QED) is 0.123. The Kier molecular flexibility index (Phi) is 8.61. The van der Waals surface area contributed by atoms with E-state index in [0.717, 1.165) is 11.1 Å². The van der Waals surface area contributed by atoms with Crippen LogP contribution in [-0.2, 0) is 29.7 Å². The van der Waals surface area contributed by atoms with Crippen LogP contribution in [0.25, 0.3) is 33.3 Å². The number of nitrogens with zero attached hydrogens (tertiary/aromatic N) is 3. The minimum absolute atomic E-state index is 0.205. The number of halogens is 1. The first-order valence-electron chi connectivity index (χ1n) is 13.0. The average molecular weight is 581 g/mol. The van der Waals surface area contributed by atoms with Crippen molar-refractivity contribution in [3.63, 3.8) is 0 Å². The van der Waals surface area contributed by atoms with Crippen molar-refractivity contribution in [2.24, 2.45) is 0 Å². The summed E-state index contributed by atoms with van der Waals surface area (Å²) in [5, 5.41) is 3.45. The van der Waals surface area contributed by atoms with Gasteiger partial charge in [0, 0.05) is 46.9 Å². The summed E-state index contributed by atoms with van der Waals surface area (Å²) in [6.45, 7) is 13.8. The lowest BCUT2D eigenvalue weighted by Crippen LogP contribution is -2.25. The Morgan fingerprint density at radius 1 is 1.02 bits per heavy atom. The van der Waals surface area contributed by atoms with Gasteiger partial charge in [-0.15, -0.1) is 0 Å². The minimum Gasteiger partial charge on any atom is -0.323 e. The van der Waals surface area contributed by atoms with E-state index in [-0.39, 0.29) is 12.6 Å². The van der Waals surface area contributed by atoms with Crippen LogP contribution in [0, 0.1) is 5.95 Å². The molecular weight excluding hydrogens is 546 g/mol. The van der Waals surface area contributed by atoms with Crippen LogP contribution < -0.4 is 5.32 Å². The zero-order chi connectivity index (χ0) is 30.0. The molecule has 0 bridgehead atoms. The van der Waals surface area contributed by atoms with Gasteiger partial charge in [0.2, 0.25) is 11.9 Å². The lowest BCUT2D eigenvalue weighted by molar-refractivity contribution is -0.111. The molecule has 0 saturated carbocycles. The van der Waals surface area contributed by atoms with E-state index in [4.69, 9.17) is 13.6 Å². The third-order valence-electron chi connectivity index (χ3n) is 5.53. The summed E-state index contributed by atoms with van der Waals surface area (Å²) < 4.78 is 46.8. The monoisotopic (exact) mass is 580 g/mol. The van der Waals surface area contributed by atoms with Crippen LogP contribution in [0.15, 0.2) is 73.7 Å². The second-order valence-electron chi connectivity index (χ2n) is 11.4. The van der Waals surface area contributed by atoms with Gasteiger partial charge in [0.1, 0.15) is 12.4 Å². The van der Waals surface area contributed by atoms with Crippen LogP contribution in [0.2, 0.25) is 0 Å². The van der Waals surface area contributed by atoms with Crippen LogP contribution in [0.1, 0.15) is 41.5 Å². The molecule has 11 heteroatoms. The van der Waals surface area contributed by atoms with Gasteiger partial charge in [0.15, 0.2) is 0 Å². The van der Waals surface area contributed by atoms with Gasteiger partial charge in [-0.3, -0.25) is 18.4 Å². The van der Waals surface area contributed by atoms with E-state index in [1.54, 1.807) is 70.6 Å². The Morgan fingerprint density at radius 3 is 2.37 bits per heavy atom. The molecule has 1 N–H and O–H groups in total. The lowest BCUT2D eigenvalue weighted by Gasteiger charge is -2.30. The topological polar surface area (TPSA) is 105 Å². The molecule has 0 aliphatic carbocycles. The Balaban J connectivity index is 1.78. The largest absolute Gasteiger partial charge is 0.477 e. The van der Waals surface area contributed by atoms with E-state index in [1.807, 2.05) is 24.3 Å². The molecule has 0 unspecified atom stereocenters. The molecule has 0 aliphatic rings. The molecule has 0 aliphatic heterocycles. The number of carbonyl (C=O) groups is 1. The number of anilines is 1. The van der Waals surface area contributed by atoms with E-state index < -0.39 is 25.0 Å². The maximum absolute atomic E-state index is 14.1. The van der Waals surface area contributed by atoms with Gasteiger partial charge < -0.3 is 9.88 Å². The highest BCUT2D eigenvalue weighted by molar-refractivity contribution is 7.48. The van der Waals surface area contributed by atoms with E-state index in [0.29, 0.717) is 27.8 Å².